The number of halogens is 2. The predicted molar refractivity (Wildman–Crippen MR) is 99.4 cm³/mol. The van der Waals surface area contributed by atoms with Crippen molar-refractivity contribution in [2.45, 2.75) is 19.9 Å². The quantitative estimate of drug-likeness (QED) is 0.624. The Hall–Kier alpha value is -2.24. The van der Waals surface area contributed by atoms with Crippen molar-refractivity contribution in [2.75, 3.05) is 0 Å². The standard InChI is InChI=1S/C17H16Cl2N4O/c1-10-13(7-21-9-20)14(8-22-10)17-12(5-6-23-24-17)11-3-2-4-15(18)16(11)19/h2-4,6,8-9,22H,5,7H2,1H3,(H2,20,21). The number of aromatic nitrogens is 1. The van der Waals surface area contributed by atoms with Gasteiger partial charge in [0.15, 0.2) is 5.76 Å². The van der Waals surface area contributed by atoms with E-state index in [1.165, 1.54) is 6.34 Å². The highest BCUT2D eigenvalue weighted by Crippen LogP contribution is 2.39. The van der Waals surface area contributed by atoms with Crippen LogP contribution in [0.2, 0.25) is 10.0 Å². The third-order valence-corrected chi connectivity index (χ3v) is 4.69. The van der Waals surface area contributed by atoms with E-state index in [1.807, 2.05) is 25.3 Å². The summed E-state index contributed by atoms with van der Waals surface area (Å²) in [5.41, 5.74) is 10.0. The number of aromatic amines is 1. The Morgan fingerprint density at radius 1 is 1.38 bits per heavy atom. The topological polar surface area (TPSA) is 75.8 Å². The van der Waals surface area contributed by atoms with Crippen LogP contribution < -0.4 is 5.73 Å². The zero-order valence-corrected chi connectivity index (χ0v) is 14.5. The van der Waals surface area contributed by atoms with Gasteiger partial charge in [0.2, 0.25) is 0 Å². The molecule has 0 spiro atoms. The minimum atomic E-state index is 0.453. The van der Waals surface area contributed by atoms with Crippen molar-refractivity contribution in [3.63, 3.8) is 0 Å². The number of nitrogens with two attached hydrogens (primary N) is 1. The molecule has 24 heavy (non-hydrogen) atoms. The second-order valence-corrected chi connectivity index (χ2v) is 6.07. The van der Waals surface area contributed by atoms with E-state index in [1.54, 1.807) is 12.3 Å². The van der Waals surface area contributed by atoms with E-state index < -0.39 is 0 Å². The number of H-pyrrole nitrogens is 1. The number of hydrogen-bond acceptors (Lipinski definition) is 3. The molecule has 2 heterocycles. The zero-order valence-electron chi connectivity index (χ0n) is 13.0. The van der Waals surface area contributed by atoms with Crippen LogP contribution in [0.5, 0.6) is 0 Å². The van der Waals surface area contributed by atoms with Crippen LogP contribution in [0.25, 0.3) is 11.3 Å². The lowest BCUT2D eigenvalue weighted by Gasteiger charge is -2.17. The lowest BCUT2D eigenvalue weighted by molar-refractivity contribution is 0.296. The van der Waals surface area contributed by atoms with Crippen molar-refractivity contribution in [1.29, 1.82) is 0 Å². The fraction of sp³-hybridized carbons (Fsp3) is 0.176. The van der Waals surface area contributed by atoms with E-state index in [4.69, 9.17) is 33.8 Å². The molecule has 1 aliphatic rings. The van der Waals surface area contributed by atoms with Crippen molar-refractivity contribution in [1.82, 2.24) is 4.98 Å². The third kappa shape index (κ3) is 3.05. The number of aliphatic imine (C=N–C) groups is 1. The summed E-state index contributed by atoms with van der Waals surface area (Å²) in [5, 5.41) is 4.96. The summed E-state index contributed by atoms with van der Waals surface area (Å²) >= 11 is 12.6. The lowest BCUT2D eigenvalue weighted by atomic mass is 9.97. The Morgan fingerprint density at radius 2 is 2.21 bits per heavy atom. The number of nitrogens with zero attached hydrogens (tertiary/aromatic N) is 2. The fourth-order valence-electron chi connectivity index (χ4n) is 2.65. The second kappa shape index (κ2) is 7.11. The van der Waals surface area contributed by atoms with E-state index in [2.05, 4.69) is 15.1 Å². The number of aryl methyl sites for hydroxylation is 1. The van der Waals surface area contributed by atoms with Crippen LogP contribution in [-0.4, -0.2) is 17.5 Å². The van der Waals surface area contributed by atoms with Crippen LogP contribution in [0, 0.1) is 6.92 Å². The first kappa shape index (κ1) is 16.6. The van der Waals surface area contributed by atoms with Gasteiger partial charge in [-0.1, -0.05) is 40.5 Å². The summed E-state index contributed by atoms with van der Waals surface area (Å²) in [4.78, 5) is 12.9. The Bertz CT molecular complexity index is 852. The van der Waals surface area contributed by atoms with Crippen molar-refractivity contribution in [2.24, 2.45) is 15.9 Å². The van der Waals surface area contributed by atoms with Crippen LogP contribution in [0.4, 0.5) is 0 Å². The van der Waals surface area contributed by atoms with Crippen molar-refractivity contribution in [3.05, 3.63) is 56.8 Å². The summed E-state index contributed by atoms with van der Waals surface area (Å²) in [6, 6.07) is 5.54. The maximum absolute atomic E-state index is 6.39. The molecule has 0 saturated carbocycles. The first-order valence-electron chi connectivity index (χ1n) is 7.37. The third-order valence-electron chi connectivity index (χ3n) is 3.87. The first-order chi connectivity index (χ1) is 11.6. The average molecular weight is 363 g/mol. The number of allylic oxidation sites excluding steroid dienone is 1. The normalized spacial score (nSPS) is 14.5. The minimum absolute atomic E-state index is 0.453. The van der Waals surface area contributed by atoms with E-state index in [0.29, 0.717) is 28.8 Å². The molecule has 1 aromatic heterocycles. The highest BCUT2D eigenvalue weighted by molar-refractivity contribution is 6.43. The van der Waals surface area contributed by atoms with E-state index in [0.717, 1.165) is 28.0 Å². The molecule has 3 N–H and O–H groups in total. The summed E-state index contributed by atoms with van der Waals surface area (Å²) in [6.45, 7) is 2.43. The Labute approximate surface area is 149 Å². The van der Waals surface area contributed by atoms with Crippen LogP contribution in [0.3, 0.4) is 0 Å². The molecule has 1 aliphatic heterocycles. The molecule has 7 heteroatoms. The number of hydrogen-bond donors (Lipinski definition) is 2. The summed E-state index contributed by atoms with van der Waals surface area (Å²) < 4.78 is 0. The van der Waals surface area contributed by atoms with Crippen LogP contribution in [0.1, 0.15) is 28.8 Å². The van der Waals surface area contributed by atoms with Crippen LogP contribution in [0.15, 0.2) is 34.5 Å². The molecule has 1 aromatic carbocycles. The molecule has 0 bridgehead atoms. The highest BCUT2D eigenvalue weighted by Gasteiger charge is 2.23. The molecule has 0 unspecified atom stereocenters. The highest BCUT2D eigenvalue weighted by atomic mass is 35.5. The van der Waals surface area contributed by atoms with Crippen molar-refractivity contribution < 1.29 is 4.84 Å². The van der Waals surface area contributed by atoms with Gasteiger partial charge in [0, 0.05) is 46.8 Å². The van der Waals surface area contributed by atoms with Gasteiger partial charge in [-0.05, 0) is 13.0 Å². The van der Waals surface area contributed by atoms with E-state index in [9.17, 15) is 0 Å². The second-order valence-electron chi connectivity index (χ2n) is 5.29. The fourth-order valence-corrected chi connectivity index (χ4v) is 3.07. The van der Waals surface area contributed by atoms with E-state index in [-0.39, 0.29) is 0 Å². The molecular weight excluding hydrogens is 347 g/mol. The number of rotatable bonds is 4. The summed E-state index contributed by atoms with van der Waals surface area (Å²) in [5.74, 6) is 0.647. The first-order valence-corrected chi connectivity index (χ1v) is 8.12. The number of nitrogens with one attached hydrogen (secondary N) is 1. The Morgan fingerprint density at radius 3 is 3.00 bits per heavy atom. The van der Waals surface area contributed by atoms with Gasteiger partial charge in [0.1, 0.15) is 0 Å². The van der Waals surface area contributed by atoms with Gasteiger partial charge >= 0.3 is 0 Å². The Kier molecular flexibility index (Phi) is 4.92. The van der Waals surface area contributed by atoms with Gasteiger partial charge in [-0.3, -0.25) is 4.99 Å². The monoisotopic (exact) mass is 362 g/mol. The molecule has 124 valence electrons. The lowest BCUT2D eigenvalue weighted by Crippen LogP contribution is -2.03. The van der Waals surface area contributed by atoms with Crippen LogP contribution >= 0.6 is 23.2 Å². The number of benzene rings is 1. The molecule has 0 aliphatic carbocycles. The molecule has 3 rings (SSSR count). The van der Waals surface area contributed by atoms with Gasteiger partial charge in [0.05, 0.1) is 22.9 Å². The largest absolute Gasteiger partial charge is 0.390 e. The van der Waals surface area contributed by atoms with Crippen LogP contribution in [-0.2, 0) is 11.4 Å². The average Bonchev–Trinajstić information content (AvgIpc) is 2.96. The van der Waals surface area contributed by atoms with E-state index >= 15 is 0 Å². The molecule has 5 nitrogen and oxygen atoms in total. The van der Waals surface area contributed by atoms with Gasteiger partial charge in [-0.2, -0.15) is 0 Å². The van der Waals surface area contributed by atoms with Gasteiger partial charge in [0.25, 0.3) is 0 Å². The predicted octanol–water partition coefficient (Wildman–Crippen LogP) is 4.39. The summed E-state index contributed by atoms with van der Waals surface area (Å²) in [6.07, 6.45) is 5.47. The molecule has 0 radical (unpaired) electrons. The number of oxime groups is 1. The maximum Gasteiger partial charge on any atom is 0.171 e. The maximum atomic E-state index is 6.39. The summed E-state index contributed by atoms with van der Waals surface area (Å²) in [7, 11) is 0. The molecule has 2 aromatic rings. The Balaban J connectivity index is 2.16. The van der Waals surface area contributed by atoms with Gasteiger partial charge < -0.3 is 15.6 Å². The molecule has 0 saturated heterocycles. The SMILES string of the molecule is Cc1[nH]cc(C2=C(c3cccc(Cl)c3Cl)CC=NO2)c1CN=CN. The smallest absolute Gasteiger partial charge is 0.171 e. The van der Waals surface area contributed by atoms with Gasteiger partial charge in [-0.25, -0.2) is 0 Å². The molecular formula is C17H16Cl2N4O. The van der Waals surface area contributed by atoms with Crippen molar-refractivity contribution in [3.8, 4) is 0 Å². The minimum Gasteiger partial charge on any atom is -0.390 e. The van der Waals surface area contributed by atoms with Crippen molar-refractivity contribution >= 4 is 47.1 Å². The molecule has 0 fully saturated rings. The molecule has 0 amide bonds. The van der Waals surface area contributed by atoms with Gasteiger partial charge in [-0.15, -0.1) is 0 Å². The molecule has 0 atom stereocenters. The zero-order chi connectivity index (χ0) is 17.1.